The third kappa shape index (κ3) is 3.28. The van der Waals surface area contributed by atoms with Crippen molar-refractivity contribution in [3.05, 3.63) is 70.7 Å². The number of carbonyl (C=O) groups is 3. The Morgan fingerprint density at radius 3 is 2.40 bits per heavy atom. The average molecular weight is 358 g/mol. The third-order valence-electron chi connectivity index (χ3n) is 4.31. The highest BCUT2D eigenvalue weighted by Gasteiger charge is 2.65. The lowest BCUT2D eigenvalue weighted by molar-refractivity contribution is -0.144. The number of ketones is 1. The van der Waals surface area contributed by atoms with E-state index in [9.17, 15) is 14.4 Å². The highest BCUT2D eigenvalue weighted by molar-refractivity contribution is 6.31. The minimum Gasteiger partial charge on any atom is -0.467 e. The molecule has 1 N–H and O–H groups in total. The summed E-state index contributed by atoms with van der Waals surface area (Å²) in [7, 11) is 1.23. The first-order chi connectivity index (χ1) is 12.0. The topological polar surface area (TPSA) is 72.5 Å². The fourth-order valence-corrected chi connectivity index (χ4v) is 3.07. The van der Waals surface area contributed by atoms with Gasteiger partial charge in [0.1, 0.15) is 5.54 Å². The number of esters is 1. The molecule has 0 aliphatic heterocycles. The second kappa shape index (κ2) is 6.69. The Morgan fingerprint density at radius 1 is 1.08 bits per heavy atom. The van der Waals surface area contributed by atoms with Gasteiger partial charge in [-0.05, 0) is 30.7 Å². The van der Waals surface area contributed by atoms with E-state index >= 15 is 0 Å². The molecule has 1 amide bonds. The molecule has 2 aromatic carbocycles. The number of amides is 1. The molecular formula is C19H16ClNO4. The Bertz CT molecular complexity index is 836. The molecule has 2 atom stereocenters. The van der Waals surface area contributed by atoms with Crippen LogP contribution in [0.4, 0.5) is 0 Å². The molecular weight excluding hydrogens is 342 g/mol. The molecule has 0 heterocycles. The quantitative estimate of drug-likeness (QED) is 0.659. The molecule has 0 bridgehead atoms. The average Bonchev–Trinajstić information content (AvgIpc) is 3.36. The molecule has 1 saturated carbocycles. The number of hydrogen-bond acceptors (Lipinski definition) is 4. The monoisotopic (exact) mass is 357 g/mol. The Balaban J connectivity index is 1.84. The van der Waals surface area contributed by atoms with E-state index in [-0.39, 0.29) is 12.2 Å². The maximum atomic E-state index is 12.7. The molecule has 0 spiro atoms. The van der Waals surface area contributed by atoms with Crippen LogP contribution in [-0.2, 0) is 9.53 Å². The predicted octanol–water partition coefficient (Wildman–Crippen LogP) is 2.88. The zero-order valence-electron chi connectivity index (χ0n) is 13.5. The van der Waals surface area contributed by atoms with Gasteiger partial charge >= 0.3 is 5.97 Å². The van der Waals surface area contributed by atoms with Crippen LogP contribution in [-0.4, -0.2) is 30.3 Å². The molecule has 6 heteroatoms. The second-order valence-corrected chi connectivity index (χ2v) is 6.35. The van der Waals surface area contributed by atoms with Crippen LogP contribution >= 0.6 is 11.6 Å². The number of hydrogen-bond donors (Lipinski definition) is 1. The third-order valence-corrected chi connectivity index (χ3v) is 4.54. The van der Waals surface area contributed by atoms with Crippen molar-refractivity contribution in [3.63, 3.8) is 0 Å². The molecule has 25 heavy (non-hydrogen) atoms. The van der Waals surface area contributed by atoms with Crippen LogP contribution in [0.15, 0.2) is 54.6 Å². The lowest BCUT2D eigenvalue weighted by atomic mass is 10.0. The van der Waals surface area contributed by atoms with Crippen molar-refractivity contribution in [2.45, 2.75) is 12.0 Å². The van der Waals surface area contributed by atoms with Crippen molar-refractivity contribution in [2.24, 2.45) is 5.92 Å². The SMILES string of the molecule is COC(=O)C1(NC(=O)c2ccccc2)CC1C(=O)c1cccc(Cl)c1. The van der Waals surface area contributed by atoms with E-state index < -0.39 is 23.3 Å². The molecule has 0 radical (unpaired) electrons. The minimum atomic E-state index is -1.33. The lowest BCUT2D eigenvalue weighted by Gasteiger charge is -2.17. The Hall–Kier alpha value is -2.66. The van der Waals surface area contributed by atoms with E-state index in [0.717, 1.165) is 0 Å². The molecule has 0 aromatic heterocycles. The molecule has 5 nitrogen and oxygen atoms in total. The van der Waals surface area contributed by atoms with Gasteiger partial charge in [-0.2, -0.15) is 0 Å². The number of nitrogens with one attached hydrogen (secondary N) is 1. The minimum absolute atomic E-state index is 0.198. The summed E-state index contributed by atoms with van der Waals surface area (Å²) in [6.07, 6.45) is 0.198. The van der Waals surface area contributed by atoms with Gasteiger partial charge in [0.05, 0.1) is 13.0 Å². The van der Waals surface area contributed by atoms with Gasteiger partial charge in [-0.3, -0.25) is 9.59 Å². The van der Waals surface area contributed by atoms with Gasteiger partial charge in [0.2, 0.25) is 0 Å². The summed E-state index contributed by atoms with van der Waals surface area (Å²) in [6.45, 7) is 0. The van der Waals surface area contributed by atoms with Crippen molar-refractivity contribution in [1.82, 2.24) is 5.32 Å². The van der Waals surface area contributed by atoms with Crippen LogP contribution < -0.4 is 5.32 Å². The van der Waals surface area contributed by atoms with Crippen molar-refractivity contribution in [3.8, 4) is 0 Å². The normalized spacial score (nSPS) is 21.3. The maximum absolute atomic E-state index is 12.7. The molecule has 2 unspecified atom stereocenters. The van der Waals surface area contributed by atoms with Crippen molar-refractivity contribution >= 4 is 29.3 Å². The van der Waals surface area contributed by atoms with Gasteiger partial charge < -0.3 is 10.1 Å². The number of halogens is 1. The number of ether oxygens (including phenoxy) is 1. The Kier molecular flexibility index (Phi) is 4.59. The van der Waals surface area contributed by atoms with E-state index in [1.807, 2.05) is 0 Å². The van der Waals surface area contributed by atoms with Crippen molar-refractivity contribution < 1.29 is 19.1 Å². The number of methoxy groups -OCH3 is 1. The van der Waals surface area contributed by atoms with Gasteiger partial charge in [-0.15, -0.1) is 0 Å². The van der Waals surface area contributed by atoms with Gasteiger partial charge in [-0.25, -0.2) is 4.79 Å². The largest absolute Gasteiger partial charge is 0.467 e. The van der Waals surface area contributed by atoms with Crippen LogP contribution in [0.1, 0.15) is 27.1 Å². The van der Waals surface area contributed by atoms with Gasteiger partial charge in [0.15, 0.2) is 5.78 Å². The second-order valence-electron chi connectivity index (χ2n) is 5.91. The number of benzene rings is 2. The van der Waals surface area contributed by atoms with E-state index in [1.165, 1.54) is 7.11 Å². The van der Waals surface area contributed by atoms with Crippen LogP contribution in [0.2, 0.25) is 5.02 Å². The smallest absolute Gasteiger partial charge is 0.332 e. The molecule has 1 aliphatic carbocycles. The molecule has 3 rings (SSSR count). The van der Waals surface area contributed by atoms with Gasteiger partial charge in [-0.1, -0.05) is 41.9 Å². The molecule has 2 aromatic rings. The summed E-state index contributed by atoms with van der Waals surface area (Å²) in [5.41, 5.74) is -0.523. The predicted molar refractivity (Wildman–Crippen MR) is 92.5 cm³/mol. The Morgan fingerprint density at radius 2 is 1.76 bits per heavy atom. The Labute approximate surface area is 149 Å². The fourth-order valence-electron chi connectivity index (χ4n) is 2.88. The number of rotatable bonds is 5. The van der Waals surface area contributed by atoms with Gasteiger partial charge in [0, 0.05) is 16.1 Å². The summed E-state index contributed by atoms with van der Waals surface area (Å²) < 4.78 is 4.82. The number of Topliss-reactive ketones (excluding diaryl/α,β-unsaturated/α-hetero) is 1. The van der Waals surface area contributed by atoms with Crippen LogP contribution in [0.25, 0.3) is 0 Å². The van der Waals surface area contributed by atoms with Gasteiger partial charge in [0.25, 0.3) is 5.91 Å². The highest BCUT2D eigenvalue weighted by atomic mass is 35.5. The summed E-state index contributed by atoms with van der Waals surface area (Å²) in [5.74, 6) is -1.98. The van der Waals surface area contributed by atoms with E-state index in [4.69, 9.17) is 16.3 Å². The summed E-state index contributed by atoms with van der Waals surface area (Å²) in [4.78, 5) is 37.4. The lowest BCUT2D eigenvalue weighted by Crippen LogP contribution is -2.46. The summed E-state index contributed by atoms with van der Waals surface area (Å²) in [5, 5.41) is 3.12. The first-order valence-corrected chi connectivity index (χ1v) is 8.11. The van der Waals surface area contributed by atoms with E-state index in [2.05, 4.69) is 5.32 Å². The fraction of sp³-hybridized carbons (Fsp3) is 0.211. The molecule has 1 aliphatic rings. The van der Waals surface area contributed by atoms with Crippen molar-refractivity contribution in [1.29, 1.82) is 0 Å². The first kappa shape index (κ1) is 17.2. The highest BCUT2D eigenvalue weighted by Crippen LogP contribution is 2.47. The van der Waals surface area contributed by atoms with Crippen LogP contribution in [0.3, 0.4) is 0 Å². The van der Waals surface area contributed by atoms with Crippen LogP contribution in [0.5, 0.6) is 0 Å². The zero-order valence-corrected chi connectivity index (χ0v) is 14.2. The van der Waals surface area contributed by atoms with E-state index in [0.29, 0.717) is 16.1 Å². The summed E-state index contributed by atoms with van der Waals surface area (Å²) >= 11 is 5.93. The molecule has 128 valence electrons. The summed E-state index contributed by atoms with van der Waals surface area (Å²) in [6, 6.07) is 15.0. The van der Waals surface area contributed by atoms with Crippen LogP contribution in [0, 0.1) is 5.92 Å². The zero-order chi connectivity index (χ0) is 18.0. The first-order valence-electron chi connectivity index (χ1n) is 7.73. The standard InChI is InChI=1S/C19H16ClNO4/c1-25-18(24)19(21-17(23)12-6-3-2-4-7-12)11-15(19)16(22)13-8-5-9-14(20)10-13/h2-10,15H,11H2,1H3,(H,21,23). The number of carbonyl (C=O) groups excluding carboxylic acids is 3. The molecule has 1 fully saturated rings. The maximum Gasteiger partial charge on any atom is 0.332 e. The molecule has 0 saturated heterocycles. The van der Waals surface area contributed by atoms with E-state index in [1.54, 1.807) is 54.6 Å². The van der Waals surface area contributed by atoms with Crippen molar-refractivity contribution in [2.75, 3.05) is 7.11 Å².